The Balaban J connectivity index is 1.64. The van der Waals surface area contributed by atoms with Crippen LogP contribution >= 0.6 is 0 Å². The Morgan fingerprint density at radius 3 is 2.66 bits per heavy atom. The molecular formula is C20H25F3N8O. The van der Waals surface area contributed by atoms with Gasteiger partial charge in [0.15, 0.2) is 5.82 Å². The molecule has 0 radical (unpaired) electrons. The number of hydrogen-bond acceptors (Lipinski definition) is 8. The lowest BCUT2D eigenvalue weighted by molar-refractivity contribution is -0.174. The molecule has 9 nitrogen and oxygen atoms in total. The SMILES string of the molecule is C[C@@H]1CN(c2nc(Nc3ccccn3)c3c(cnn3CCOCC(F)(F)F)n2)C[C@@H](C)N1. The number of nitrogens with zero attached hydrogens (tertiary/aromatic N) is 6. The van der Waals surface area contributed by atoms with Crippen LogP contribution in [0.1, 0.15) is 13.8 Å². The van der Waals surface area contributed by atoms with Crippen LogP contribution in [0, 0.1) is 0 Å². The fraction of sp³-hybridized carbons (Fsp3) is 0.500. The highest BCUT2D eigenvalue weighted by Crippen LogP contribution is 2.27. The number of fused-ring (bicyclic) bond motifs is 1. The maximum Gasteiger partial charge on any atom is 0.411 e. The van der Waals surface area contributed by atoms with Crippen molar-refractivity contribution in [1.82, 2.24) is 30.0 Å². The summed E-state index contributed by atoms with van der Waals surface area (Å²) in [6.07, 6.45) is -1.13. The van der Waals surface area contributed by atoms with Crippen LogP contribution in [-0.4, -0.2) is 69.3 Å². The first-order valence-corrected chi connectivity index (χ1v) is 10.4. The first-order chi connectivity index (χ1) is 15.3. The average molecular weight is 450 g/mol. The molecule has 0 spiro atoms. The van der Waals surface area contributed by atoms with Crippen molar-refractivity contribution in [3.05, 3.63) is 30.6 Å². The molecule has 0 aromatic carbocycles. The van der Waals surface area contributed by atoms with Crippen molar-refractivity contribution in [1.29, 1.82) is 0 Å². The Morgan fingerprint density at radius 1 is 1.19 bits per heavy atom. The molecule has 3 aromatic heterocycles. The second kappa shape index (κ2) is 9.25. The second-order valence-corrected chi connectivity index (χ2v) is 7.86. The van der Waals surface area contributed by atoms with Gasteiger partial charge in [-0.3, -0.25) is 4.68 Å². The van der Waals surface area contributed by atoms with Crippen molar-refractivity contribution in [3.8, 4) is 0 Å². The van der Waals surface area contributed by atoms with Gasteiger partial charge in [-0.25, -0.2) is 9.97 Å². The first-order valence-electron chi connectivity index (χ1n) is 10.4. The zero-order valence-electron chi connectivity index (χ0n) is 17.8. The van der Waals surface area contributed by atoms with E-state index in [0.29, 0.717) is 28.6 Å². The fourth-order valence-corrected chi connectivity index (χ4v) is 3.77. The minimum atomic E-state index is -4.37. The van der Waals surface area contributed by atoms with Gasteiger partial charge in [0.05, 0.1) is 19.3 Å². The number of piperazine rings is 1. The Morgan fingerprint density at radius 2 is 1.97 bits per heavy atom. The molecule has 1 fully saturated rings. The molecule has 0 aliphatic carbocycles. The van der Waals surface area contributed by atoms with Crippen LogP contribution in [0.2, 0.25) is 0 Å². The predicted molar refractivity (Wildman–Crippen MR) is 114 cm³/mol. The lowest BCUT2D eigenvalue weighted by Gasteiger charge is -2.36. The van der Waals surface area contributed by atoms with E-state index in [9.17, 15) is 13.2 Å². The molecule has 3 aromatic rings. The van der Waals surface area contributed by atoms with Crippen LogP contribution in [0.5, 0.6) is 0 Å². The number of aromatic nitrogens is 5. The van der Waals surface area contributed by atoms with Gasteiger partial charge in [0.1, 0.15) is 23.5 Å². The molecule has 4 rings (SSSR count). The summed E-state index contributed by atoms with van der Waals surface area (Å²) in [6, 6.07) is 6.00. The average Bonchev–Trinajstić information content (AvgIpc) is 3.14. The molecule has 32 heavy (non-hydrogen) atoms. The summed E-state index contributed by atoms with van der Waals surface area (Å²) in [5.41, 5.74) is 1.16. The van der Waals surface area contributed by atoms with Gasteiger partial charge in [0.25, 0.3) is 0 Å². The summed E-state index contributed by atoms with van der Waals surface area (Å²) in [6.45, 7) is 4.39. The van der Waals surface area contributed by atoms with Crippen LogP contribution in [-0.2, 0) is 11.3 Å². The minimum Gasteiger partial charge on any atom is -0.370 e. The standard InChI is InChI=1S/C20H25F3N8O/c1-13-10-30(11-14(2)26-13)19-27-15-9-25-31(7-8-32-12-20(21,22)23)17(15)18(29-19)28-16-5-3-4-6-24-16/h3-6,9,13-14,26H,7-8,10-12H2,1-2H3,(H,24,27,28,29)/t13-,14-/m1/s1. The Kier molecular flexibility index (Phi) is 6.42. The molecule has 172 valence electrons. The van der Waals surface area contributed by atoms with Crippen molar-refractivity contribution in [2.75, 3.05) is 36.5 Å². The lowest BCUT2D eigenvalue weighted by Crippen LogP contribution is -2.54. The third kappa shape index (κ3) is 5.43. The molecule has 0 saturated carbocycles. The van der Waals surface area contributed by atoms with Crippen molar-refractivity contribution < 1.29 is 17.9 Å². The quantitative estimate of drug-likeness (QED) is 0.531. The molecule has 0 bridgehead atoms. The van der Waals surface area contributed by atoms with Crippen molar-refractivity contribution >= 4 is 28.6 Å². The zero-order chi connectivity index (χ0) is 22.7. The van der Waals surface area contributed by atoms with E-state index < -0.39 is 12.8 Å². The number of anilines is 3. The zero-order valence-corrected chi connectivity index (χ0v) is 17.8. The van der Waals surface area contributed by atoms with Crippen LogP contribution < -0.4 is 15.5 Å². The van der Waals surface area contributed by atoms with E-state index in [1.807, 2.05) is 6.07 Å². The van der Waals surface area contributed by atoms with Gasteiger partial charge in [-0.1, -0.05) is 6.07 Å². The van der Waals surface area contributed by atoms with Gasteiger partial charge in [0, 0.05) is 31.4 Å². The molecule has 1 aliphatic rings. The molecule has 0 amide bonds. The molecule has 12 heteroatoms. The topological polar surface area (TPSA) is 93.0 Å². The predicted octanol–water partition coefficient (Wildman–Crippen LogP) is 2.73. The number of alkyl halides is 3. The number of nitrogens with one attached hydrogen (secondary N) is 2. The monoisotopic (exact) mass is 450 g/mol. The molecule has 1 saturated heterocycles. The molecule has 2 N–H and O–H groups in total. The first kappa shape index (κ1) is 22.2. The van der Waals surface area contributed by atoms with E-state index in [1.54, 1.807) is 29.2 Å². The molecule has 0 unspecified atom stereocenters. The highest BCUT2D eigenvalue weighted by atomic mass is 19.4. The van der Waals surface area contributed by atoms with E-state index >= 15 is 0 Å². The van der Waals surface area contributed by atoms with E-state index in [1.165, 1.54) is 0 Å². The Labute approximate surface area is 183 Å². The maximum absolute atomic E-state index is 12.4. The van der Waals surface area contributed by atoms with Gasteiger partial charge in [0.2, 0.25) is 5.95 Å². The van der Waals surface area contributed by atoms with E-state index in [-0.39, 0.29) is 25.2 Å². The fourth-order valence-electron chi connectivity index (χ4n) is 3.77. The molecule has 4 heterocycles. The van der Waals surface area contributed by atoms with Crippen molar-refractivity contribution in [3.63, 3.8) is 0 Å². The molecule has 2 atom stereocenters. The number of ether oxygens (including phenoxy) is 1. The number of halogens is 3. The number of rotatable bonds is 7. The second-order valence-electron chi connectivity index (χ2n) is 7.86. The van der Waals surface area contributed by atoms with Gasteiger partial charge >= 0.3 is 6.18 Å². The van der Waals surface area contributed by atoms with Gasteiger partial charge in [-0.15, -0.1) is 0 Å². The van der Waals surface area contributed by atoms with E-state index in [0.717, 1.165) is 13.1 Å². The highest BCUT2D eigenvalue weighted by molar-refractivity contribution is 5.88. The summed E-state index contributed by atoms with van der Waals surface area (Å²) in [7, 11) is 0. The Hall–Kier alpha value is -2.99. The summed E-state index contributed by atoms with van der Waals surface area (Å²) in [5, 5.41) is 11.0. The lowest BCUT2D eigenvalue weighted by atomic mass is 10.1. The summed E-state index contributed by atoms with van der Waals surface area (Å²) < 4.78 is 43.4. The molecule has 1 aliphatic heterocycles. The van der Waals surface area contributed by atoms with Gasteiger partial charge in [-0.05, 0) is 26.0 Å². The van der Waals surface area contributed by atoms with Gasteiger partial charge < -0.3 is 20.3 Å². The third-order valence-corrected chi connectivity index (χ3v) is 4.94. The number of pyridine rings is 1. The normalized spacial score (nSPS) is 19.5. The largest absolute Gasteiger partial charge is 0.411 e. The number of hydrogen-bond donors (Lipinski definition) is 2. The van der Waals surface area contributed by atoms with Crippen LogP contribution in [0.4, 0.5) is 30.8 Å². The van der Waals surface area contributed by atoms with Crippen molar-refractivity contribution in [2.24, 2.45) is 0 Å². The van der Waals surface area contributed by atoms with Crippen LogP contribution in [0.15, 0.2) is 30.6 Å². The van der Waals surface area contributed by atoms with E-state index in [2.05, 4.69) is 44.4 Å². The minimum absolute atomic E-state index is 0.126. The van der Waals surface area contributed by atoms with Crippen LogP contribution in [0.25, 0.3) is 11.0 Å². The van der Waals surface area contributed by atoms with Crippen LogP contribution in [0.3, 0.4) is 0 Å². The third-order valence-electron chi connectivity index (χ3n) is 4.94. The van der Waals surface area contributed by atoms with Gasteiger partial charge in [-0.2, -0.15) is 23.3 Å². The summed E-state index contributed by atoms with van der Waals surface area (Å²) >= 11 is 0. The summed E-state index contributed by atoms with van der Waals surface area (Å²) in [5.74, 6) is 1.63. The molecular weight excluding hydrogens is 425 g/mol. The van der Waals surface area contributed by atoms with E-state index in [4.69, 9.17) is 9.72 Å². The Bertz CT molecular complexity index is 1030. The summed E-state index contributed by atoms with van der Waals surface area (Å²) in [4.78, 5) is 15.8. The maximum atomic E-state index is 12.4. The van der Waals surface area contributed by atoms with Crippen molar-refractivity contribution in [2.45, 2.75) is 38.7 Å². The highest BCUT2D eigenvalue weighted by Gasteiger charge is 2.28. The smallest absolute Gasteiger partial charge is 0.370 e.